The van der Waals surface area contributed by atoms with Crippen molar-refractivity contribution in [3.05, 3.63) is 24.2 Å². The number of fused-ring (bicyclic) bond motifs is 1. The van der Waals surface area contributed by atoms with Gasteiger partial charge in [0.05, 0.1) is 18.4 Å². The smallest absolute Gasteiger partial charge is 0.256 e. The van der Waals surface area contributed by atoms with Crippen molar-refractivity contribution < 1.29 is 9.59 Å². The largest absolute Gasteiger partial charge is 0.369 e. The molecule has 1 atom stereocenters. The van der Waals surface area contributed by atoms with Gasteiger partial charge in [0.1, 0.15) is 5.52 Å². The molecule has 0 bridgehead atoms. The highest BCUT2D eigenvalue weighted by molar-refractivity contribution is 6.04. The molecule has 132 valence electrons. The fraction of sp³-hybridized carbons (Fsp3) is 0.529. The van der Waals surface area contributed by atoms with Crippen molar-refractivity contribution in [1.82, 2.24) is 24.3 Å². The molecule has 2 N–H and O–H groups in total. The second-order valence-corrected chi connectivity index (χ2v) is 7.29. The number of hydrogen-bond donors (Lipinski definition) is 1. The van der Waals surface area contributed by atoms with Gasteiger partial charge in [-0.25, -0.2) is 9.97 Å². The SMILES string of the molecule is Cn1cnc2c(C(=O)N3CCC4(CCN(CC(N)=O)C4)C3)ccnc21. The molecule has 2 aliphatic heterocycles. The Morgan fingerprint density at radius 3 is 2.84 bits per heavy atom. The van der Waals surface area contributed by atoms with Gasteiger partial charge in [-0.1, -0.05) is 0 Å². The summed E-state index contributed by atoms with van der Waals surface area (Å²) in [7, 11) is 1.87. The highest BCUT2D eigenvalue weighted by atomic mass is 16.2. The van der Waals surface area contributed by atoms with Crippen LogP contribution in [0.5, 0.6) is 0 Å². The molecule has 2 aliphatic rings. The Bertz CT molecular complexity index is 847. The van der Waals surface area contributed by atoms with E-state index in [1.807, 2.05) is 16.5 Å². The van der Waals surface area contributed by atoms with E-state index in [0.29, 0.717) is 23.3 Å². The number of carbonyl (C=O) groups is 2. The number of nitrogens with two attached hydrogens (primary N) is 1. The fourth-order valence-electron chi connectivity index (χ4n) is 4.19. The van der Waals surface area contributed by atoms with Gasteiger partial charge < -0.3 is 15.2 Å². The van der Waals surface area contributed by atoms with Crippen LogP contribution in [-0.2, 0) is 11.8 Å². The topological polar surface area (TPSA) is 97.4 Å². The van der Waals surface area contributed by atoms with Crippen LogP contribution < -0.4 is 5.73 Å². The van der Waals surface area contributed by atoms with Crippen LogP contribution in [0.2, 0.25) is 0 Å². The highest BCUT2D eigenvalue weighted by Gasteiger charge is 2.45. The summed E-state index contributed by atoms with van der Waals surface area (Å²) in [5.41, 5.74) is 7.36. The average molecular weight is 342 g/mol. The number of likely N-dealkylation sites (tertiary alicyclic amines) is 2. The quantitative estimate of drug-likeness (QED) is 0.846. The zero-order chi connectivity index (χ0) is 17.6. The monoisotopic (exact) mass is 342 g/mol. The molecule has 2 saturated heterocycles. The highest BCUT2D eigenvalue weighted by Crippen LogP contribution is 2.40. The third-order valence-corrected chi connectivity index (χ3v) is 5.45. The van der Waals surface area contributed by atoms with Crippen LogP contribution in [-0.4, -0.2) is 68.9 Å². The van der Waals surface area contributed by atoms with E-state index >= 15 is 0 Å². The fourth-order valence-corrected chi connectivity index (χ4v) is 4.19. The van der Waals surface area contributed by atoms with Crippen molar-refractivity contribution in [1.29, 1.82) is 0 Å². The minimum Gasteiger partial charge on any atom is -0.369 e. The summed E-state index contributed by atoms with van der Waals surface area (Å²) in [5, 5.41) is 0. The third-order valence-electron chi connectivity index (χ3n) is 5.45. The summed E-state index contributed by atoms with van der Waals surface area (Å²) in [4.78, 5) is 36.8. The number of aryl methyl sites for hydroxylation is 1. The standard InChI is InChI=1S/C17H22N6O2/c1-21-11-20-14-12(2-5-19-15(14)21)16(25)23-7-4-17(10-23)3-6-22(9-17)8-13(18)24/h2,5,11H,3-4,6-10H2,1H3,(H2,18,24). The van der Waals surface area contributed by atoms with Crippen molar-refractivity contribution in [3.63, 3.8) is 0 Å². The van der Waals surface area contributed by atoms with Gasteiger partial charge in [-0.2, -0.15) is 0 Å². The van der Waals surface area contributed by atoms with Gasteiger partial charge in [-0.3, -0.25) is 14.5 Å². The number of aromatic nitrogens is 3. The first-order valence-corrected chi connectivity index (χ1v) is 8.53. The molecule has 1 unspecified atom stereocenters. The van der Waals surface area contributed by atoms with Crippen molar-refractivity contribution in [3.8, 4) is 0 Å². The molecular weight excluding hydrogens is 320 g/mol. The first-order chi connectivity index (χ1) is 12.0. The zero-order valence-electron chi connectivity index (χ0n) is 14.3. The summed E-state index contributed by atoms with van der Waals surface area (Å²) >= 11 is 0. The summed E-state index contributed by atoms with van der Waals surface area (Å²) in [6.45, 7) is 3.45. The molecule has 4 rings (SSSR count). The predicted octanol–water partition coefficient (Wildman–Crippen LogP) is -0.00840. The molecule has 1 spiro atoms. The van der Waals surface area contributed by atoms with Gasteiger partial charge >= 0.3 is 0 Å². The molecule has 2 aromatic heterocycles. The van der Waals surface area contributed by atoms with Crippen LogP contribution in [0, 0.1) is 5.41 Å². The average Bonchev–Trinajstić information content (AvgIpc) is 3.27. The molecule has 25 heavy (non-hydrogen) atoms. The molecule has 2 amide bonds. The van der Waals surface area contributed by atoms with E-state index in [9.17, 15) is 9.59 Å². The van der Waals surface area contributed by atoms with E-state index in [4.69, 9.17) is 5.73 Å². The van der Waals surface area contributed by atoms with Gasteiger partial charge in [0.25, 0.3) is 5.91 Å². The lowest BCUT2D eigenvalue weighted by Crippen LogP contribution is -2.36. The lowest BCUT2D eigenvalue weighted by Gasteiger charge is -2.24. The molecule has 0 saturated carbocycles. The van der Waals surface area contributed by atoms with E-state index in [1.54, 1.807) is 18.6 Å². The normalized spacial score (nSPS) is 23.8. The number of rotatable bonds is 3. The Balaban J connectivity index is 1.52. The van der Waals surface area contributed by atoms with Gasteiger partial charge in [-0.15, -0.1) is 0 Å². The first-order valence-electron chi connectivity index (χ1n) is 8.53. The van der Waals surface area contributed by atoms with Crippen LogP contribution in [0.1, 0.15) is 23.2 Å². The van der Waals surface area contributed by atoms with Crippen molar-refractivity contribution in [2.24, 2.45) is 18.2 Å². The maximum Gasteiger partial charge on any atom is 0.256 e. The van der Waals surface area contributed by atoms with E-state index in [1.165, 1.54) is 0 Å². The minimum absolute atomic E-state index is 0.0105. The molecule has 8 nitrogen and oxygen atoms in total. The summed E-state index contributed by atoms with van der Waals surface area (Å²) < 4.78 is 1.82. The third kappa shape index (κ3) is 2.76. The van der Waals surface area contributed by atoms with Gasteiger partial charge in [0.15, 0.2) is 5.65 Å². The van der Waals surface area contributed by atoms with Crippen LogP contribution in [0.25, 0.3) is 11.2 Å². The van der Waals surface area contributed by atoms with E-state index < -0.39 is 0 Å². The summed E-state index contributed by atoms with van der Waals surface area (Å²) in [5.74, 6) is -0.284. The number of nitrogens with zero attached hydrogens (tertiary/aromatic N) is 5. The van der Waals surface area contributed by atoms with Gasteiger partial charge in [-0.05, 0) is 25.5 Å². The molecule has 0 radical (unpaired) electrons. The molecule has 4 heterocycles. The van der Waals surface area contributed by atoms with Crippen molar-refractivity contribution in [2.45, 2.75) is 12.8 Å². The first kappa shape index (κ1) is 16.0. The van der Waals surface area contributed by atoms with Crippen LogP contribution in [0.15, 0.2) is 18.6 Å². The second-order valence-electron chi connectivity index (χ2n) is 7.29. The summed E-state index contributed by atoms with van der Waals surface area (Å²) in [6, 6.07) is 1.75. The maximum atomic E-state index is 13.0. The number of amides is 2. The van der Waals surface area contributed by atoms with Crippen molar-refractivity contribution >= 4 is 23.0 Å². The Labute approximate surface area is 145 Å². The van der Waals surface area contributed by atoms with Crippen LogP contribution in [0.3, 0.4) is 0 Å². The van der Waals surface area contributed by atoms with Crippen LogP contribution in [0.4, 0.5) is 0 Å². The lowest BCUT2D eigenvalue weighted by atomic mass is 9.86. The summed E-state index contributed by atoms with van der Waals surface area (Å²) in [6.07, 6.45) is 5.30. The Morgan fingerprint density at radius 1 is 1.24 bits per heavy atom. The van der Waals surface area contributed by atoms with Crippen molar-refractivity contribution in [2.75, 3.05) is 32.7 Å². The predicted molar refractivity (Wildman–Crippen MR) is 91.7 cm³/mol. The molecule has 8 heteroatoms. The number of pyridine rings is 1. The van der Waals surface area contributed by atoms with Gasteiger partial charge in [0.2, 0.25) is 5.91 Å². The number of carbonyl (C=O) groups excluding carboxylic acids is 2. The lowest BCUT2D eigenvalue weighted by molar-refractivity contribution is -0.119. The maximum absolute atomic E-state index is 13.0. The molecular formula is C17H22N6O2. The number of hydrogen-bond acceptors (Lipinski definition) is 5. The Morgan fingerprint density at radius 2 is 2.04 bits per heavy atom. The van der Waals surface area contributed by atoms with Crippen LogP contribution >= 0.6 is 0 Å². The van der Waals surface area contributed by atoms with E-state index in [0.717, 1.165) is 39.0 Å². The molecule has 0 aliphatic carbocycles. The van der Waals surface area contributed by atoms with E-state index in [-0.39, 0.29) is 17.2 Å². The molecule has 0 aromatic carbocycles. The number of imidazole rings is 1. The van der Waals surface area contributed by atoms with E-state index in [2.05, 4.69) is 14.9 Å². The van der Waals surface area contributed by atoms with Gasteiger partial charge in [0, 0.05) is 38.3 Å². The Kier molecular flexibility index (Phi) is 3.72. The molecule has 2 fully saturated rings. The minimum atomic E-state index is -0.294. The number of primary amides is 1. The molecule has 2 aromatic rings. The second kappa shape index (κ2) is 5.80. The zero-order valence-corrected chi connectivity index (χ0v) is 14.3. The Hall–Kier alpha value is -2.48.